The number of ether oxygens (including phenoxy) is 4. The fourth-order valence-electron chi connectivity index (χ4n) is 4.24. The molecular formula is C22H19ClN4O7. The van der Waals surface area contributed by atoms with E-state index in [1.54, 1.807) is 30.3 Å². The van der Waals surface area contributed by atoms with Gasteiger partial charge in [0.25, 0.3) is 0 Å². The molecule has 34 heavy (non-hydrogen) atoms. The van der Waals surface area contributed by atoms with E-state index in [-0.39, 0.29) is 11.6 Å². The van der Waals surface area contributed by atoms with Crippen molar-refractivity contribution >= 4 is 40.7 Å². The highest BCUT2D eigenvalue weighted by Crippen LogP contribution is 2.57. The Morgan fingerprint density at radius 3 is 2.50 bits per heavy atom. The van der Waals surface area contributed by atoms with Crippen LogP contribution < -0.4 is 0 Å². The van der Waals surface area contributed by atoms with Crippen LogP contribution >= 0.6 is 11.6 Å². The van der Waals surface area contributed by atoms with Gasteiger partial charge < -0.3 is 18.9 Å². The van der Waals surface area contributed by atoms with Crippen LogP contribution in [0.4, 0.5) is 0 Å². The molecule has 0 amide bonds. The first-order valence-corrected chi connectivity index (χ1v) is 10.8. The average molecular weight is 487 g/mol. The van der Waals surface area contributed by atoms with Gasteiger partial charge in [0.05, 0.1) is 11.9 Å². The van der Waals surface area contributed by atoms with Gasteiger partial charge in [-0.2, -0.15) is 0 Å². The van der Waals surface area contributed by atoms with Crippen molar-refractivity contribution in [3.05, 3.63) is 53.7 Å². The van der Waals surface area contributed by atoms with Crippen molar-refractivity contribution < 1.29 is 33.3 Å². The molecule has 2 fully saturated rings. The van der Waals surface area contributed by atoms with Crippen LogP contribution in [0, 0.1) is 0 Å². The molecule has 176 valence electrons. The standard InChI is InChI=1S/C22H19ClN4O7/c1-11(28)31-16-17(32-12(2)29)22(8-14(22)33-21(30)13-6-4-3-5-7-13)34-20(16)27-10-26-15-18(23)24-9-25-19(15)27/h3-7,9-10,14,16-17,20H,8H2,1-2H3/t14-,16?,17-,20-,22-/m1/s1. The van der Waals surface area contributed by atoms with Crippen LogP contribution in [0.15, 0.2) is 43.0 Å². The molecule has 3 aromatic rings. The third-order valence-corrected chi connectivity index (χ3v) is 6.01. The summed E-state index contributed by atoms with van der Waals surface area (Å²) in [5.74, 6) is -1.76. The lowest BCUT2D eigenvalue weighted by molar-refractivity contribution is -0.166. The number of benzene rings is 1. The van der Waals surface area contributed by atoms with E-state index in [1.165, 1.54) is 31.1 Å². The summed E-state index contributed by atoms with van der Waals surface area (Å²) in [7, 11) is 0. The predicted octanol–water partition coefficient (Wildman–Crippen LogP) is 2.24. The highest BCUT2D eigenvalue weighted by atomic mass is 35.5. The maximum Gasteiger partial charge on any atom is 0.338 e. The van der Waals surface area contributed by atoms with Gasteiger partial charge in [-0.1, -0.05) is 29.8 Å². The fourth-order valence-corrected chi connectivity index (χ4v) is 4.41. The number of halogens is 1. The maximum atomic E-state index is 12.6. The Kier molecular flexibility index (Phi) is 5.45. The Morgan fingerprint density at radius 1 is 1.06 bits per heavy atom. The predicted molar refractivity (Wildman–Crippen MR) is 115 cm³/mol. The number of aromatic nitrogens is 4. The molecule has 5 rings (SSSR count). The second-order valence-electron chi connectivity index (χ2n) is 8.02. The topological polar surface area (TPSA) is 132 Å². The Labute approximate surface area is 197 Å². The lowest BCUT2D eigenvalue weighted by Crippen LogP contribution is -2.41. The van der Waals surface area contributed by atoms with Gasteiger partial charge in [0.2, 0.25) is 0 Å². The normalized spacial score (nSPS) is 27.5. The maximum absolute atomic E-state index is 12.6. The summed E-state index contributed by atoms with van der Waals surface area (Å²) in [5.41, 5.74) is -0.193. The molecule has 2 aromatic heterocycles. The quantitative estimate of drug-likeness (QED) is 0.300. The fraction of sp³-hybridized carbons (Fsp3) is 0.364. The lowest BCUT2D eigenvalue weighted by Gasteiger charge is -2.24. The minimum absolute atomic E-state index is 0.137. The summed E-state index contributed by atoms with van der Waals surface area (Å²) in [6.45, 7) is 2.47. The molecule has 11 nitrogen and oxygen atoms in total. The molecule has 0 radical (unpaired) electrons. The number of hydrogen-bond donors (Lipinski definition) is 0. The van der Waals surface area contributed by atoms with E-state index in [4.69, 9.17) is 30.5 Å². The van der Waals surface area contributed by atoms with Gasteiger partial charge in [-0.25, -0.2) is 19.7 Å². The summed E-state index contributed by atoms with van der Waals surface area (Å²) in [6, 6.07) is 8.48. The molecule has 3 heterocycles. The zero-order chi connectivity index (χ0) is 24.0. The van der Waals surface area contributed by atoms with Crippen molar-refractivity contribution in [1.29, 1.82) is 0 Å². The number of fused-ring (bicyclic) bond motifs is 1. The van der Waals surface area contributed by atoms with Crippen LogP contribution in [0.2, 0.25) is 5.15 Å². The Morgan fingerprint density at radius 2 is 1.79 bits per heavy atom. The molecule has 5 atom stereocenters. The average Bonchev–Trinajstić information content (AvgIpc) is 3.16. The molecule has 1 aromatic carbocycles. The van der Waals surface area contributed by atoms with E-state index < -0.39 is 48.0 Å². The Hall–Kier alpha value is -3.57. The highest BCUT2D eigenvalue weighted by Gasteiger charge is 2.74. The van der Waals surface area contributed by atoms with E-state index in [2.05, 4.69) is 15.0 Å². The first-order valence-electron chi connectivity index (χ1n) is 10.4. The Bertz CT molecular complexity index is 1280. The molecule has 1 unspecified atom stereocenters. The van der Waals surface area contributed by atoms with Gasteiger partial charge in [-0.3, -0.25) is 14.2 Å². The first kappa shape index (κ1) is 22.2. The van der Waals surface area contributed by atoms with E-state index >= 15 is 0 Å². The molecule has 1 spiro atoms. The summed E-state index contributed by atoms with van der Waals surface area (Å²) >= 11 is 6.12. The number of carbonyl (C=O) groups excluding carboxylic acids is 3. The van der Waals surface area contributed by atoms with E-state index in [0.717, 1.165) is 0 Å². The van der Waals surface area contributed by atoms with Gasteiger partial charge in [0, 0.05) is 20.3 Å². The minimum Gasteiger partial charge on any atom is -0.455 e. The lowest BCUT2D eigenvalue weighted by atomic mass is 10.1. The smallest absolute Gasteiger partial charge is 0.338 e. The molecule has 1 aliphatic heterocycles. The summed E-state index contributed by atoms with van der Waals surface area (Å²) in [4.78, 5) is 48.9. The Balaban J connectivity index is 1.50. The van der Waals surface area contributed by atoms with Crippen molar-refractivity contribution in [2.24, 2.45) is 0 Å². The van der Waals surface area contributed by atoms with Crippen LogP contribution in [0.3, 0.4) is 0 Å². The van der Waals surface area contributed by atoms with Crippen molar-refractivity contribution in [1.82, 2.24) is 19.5 Å². The van der Waals surface area contributed by atoms with Crippen molar-refractivity contribution in [3.8, 4) is 0 Å². The molecular weight excluding hydrogens is 468 g/mol. The second kappa shape index (κ2) is 8.33. The summed E-state index contributed by atoms with van der Waals surface area (Å²) in [5, 5.41) is 0.137. The number of hydrogen-bond acceptors (Lipinski definition) is 10. The summed E-state index contributed by atoms with van der Waals surface area (Å²) in [6.07, 6.45) is -0.899. The molecule has 1 saturated heterocycles. The van der Waals surface area contributed by atoms with Crippen molar-refractivity contribution in [2.75, 3.05) is 0 Å². The molecule has 12 heteroatoms. The number of nitrogens with zero attached hydrogens (tertiary/aromatic N) is 4. The third kappa shape index (κ3) is 3.76. The van der Waals surface area contributed by atoms with Gasteiger partial charge >= 0.3 is 17.9 Å². The van der Waals surface area contributed by atoms with Gasteiger partial charge in [0.15, 0.2) is 34.8 Å². The third-order valence-electron chi connectivity index (χ3n) is 5.73. The highest BCUT2D eigenvalue weighted by molar-refractivity contribution is 6.33. The molecule has 0 bridgehead atoms. The monoisotopic (exact) mass is 486 g/mol. The van der Waals surface area contributed by atoms with Crippen molar-refractivity contribution in [2.45, 2.75) is 50.4 Å². The first-order chi connectivity index (χ1) is 16.3. The SMILES string of the molecule is CC(=O)OC1[C@H](n2cnc3c(Cl)ncnc32)O[C@@]2(C[C@H]2OC(=O)c2ccccc2)[C@@H]1OC(C)=O. The van der Waals surface area contributed by atoms with Gasteiger partial charge in [0.1, 0.15) is 17.9 Å². The van der Waals surface area contributed by atoms with Gasteiger partial charge in [-0.05, 0) is 12.1 Å². The minimum atomic E-state index is -1.21. The summed E-state index contributed by atoms with van der Waals surface area (Å²) < 4.78 is 24.6. The number of rotatable bonds is 5. The van der Waals surface area contributed by atoms with E-state index in [1.807, 2.05) is 0 Å². The molecule has 0 N–H and O–H groups in total. The van der Waals surface area contributed by atoms with Crippen LogP contribution in [-0.2, 0) is 28.5 Å². The van der Waals surface area contributed by atoms with Crippen LogP contribution in [-0.4, -0.2) is 61.3 Å². The number of imidazole rings is 1. The van der Waals surface area contributed by atoms with Crippen LogP contribution in [0.5, 0.6) is 0 Å². The van der Waals surface area contributed by atoms with Crippen molar-refractivity contribution in [3.63, 3.8) is 0 Å². The van der Waals surface area contributed by atoms with Crippen LogP contribution in [0.1, 0.15) is 36.9 Å². The molecule has 1 saturated carbocycles. The van der Waals surface area contributed by atoms with E-state index in [9.17, 15) is 14.4 Å². The zero-order valence-electron chi connectivity index (χ0n) is 18.1. The number of carbonyl (C=O) groups is 3. The van der Waals surface area contributed by atoms with Crippen LogP contribution in [0.25, 0.3) is 11.2 Å². The van der Waals surface area contributed by atoms with E-state index in [0.29, 0.717) is 16.7 Å². The number of esters is 3. The molecule has 1 aliphatic carbocycles. The zero-order valence-corrected chi connectivity index (χ0v) is 18.8. The largest absolute Gasteiger partial charge is 0.455 e. The van der Waals surface area contributed by atoms with Gasteiger partial charge in [-0.15, -0.1) is 0 Å². The molecule has 2 aliphatic rings. The second-order valence-corrected chi connectivity index (χ2v) is 8.38.